The zero-order chi connectivity index (χ0) is 90.6. The van der Waals surface area contributed by atoms with Crippen molar-refractivity contribution in [2.45, 2.75) is 318 Å². The molecule has 12 heteroatoms. The van der Waals surface area contributed by atoms with Gasteiger partial charge in [-0.05, 0) is 286 Å². The Morgan fingerprint density at radius 3 is 0.708 bits per heavy atom. The van der Waals surface area contributed by atoms with Crippen molar-refractivity contribution < 1.29 is 57.2 Å². The van der Waals surface area contributed by atoms with E-state index in [-0.39, 0.29) is 35.8 Å². The summed E-state index contributed by atoms with van der Waals surface area (Å²) in [5.41, 5.74) is 0.287. The lowest BCUT2D eigenvalue weighted by Gasteiger charge is -2.35. The highest BCUT2D eigenvalue weighted by molar-refractivity contribution is 5.86. The summed E-state index contributed by atoms with van der Waals surface area (Å²) in [6.45, 7) is 59.4. The Labute approximate surface area is 723 Å². The highest BCUT2D eigenvalue weighted by Crippen LogP contribution is 2.42. The Morgan fingerprint density at radius 1 is 0.192 bits per heavy atom. The molecule has 0 spiro atoms. The number of hydrogen-bond acceptors (Lipinski definition) is 12. The molecule has 0 bridgehead atoms. The number of esters is 6. The van der Waals surface area contributed by atoms with E-state index >= 15 is 0 Å². The van der Waals surface area contributed by atoms with Crippen LogP contribution in [0.1, 0.15) is 318 Å². The van der Waals surface area contributed by atoms with Crippen molar-refractivity contribution in [2.24, 2.45) is 32.5 Å². The van der Waals surface area contributed by atoms with Crippen LogP contribution in [-0.2, 0) is 90.8 Å². The quantitative estimate of drug-likeness (QED) is 0.0310. The zero-order valence-electron chi connectivity index (χ0n) is 79.2. The van der Waals surface area contributed by atoms with Crippen LogP contribution >= 0.6 is 0 Å². The summed E-state index contributed by atoms with van der Waals surface area (Å²) in [7, 11) is 0. The van der Waals surface area contributed by atoms with Gasteiger partial charge in [0.2, 0.25) is 0 Å². The molecule has 120 heavy (non-hydrogen) atoms. The second-order valence-electron chi connectivity index (χ2n) is 37.1. The van der Waals surface area contributed by atoms with Crippen LogP contribution in [0.5, 0.6) is 0 Å². The van der Waals surface area contributed by atoms with E-state index < -0.39 is 66.1 Å². The number of ether oxygens (including phenoxy) is 6. The van der Waals surface area contributed by atoms with Crippen molar-refractivity contribution in [3.8, 4) is 0 Å². The molecule has 0 heterocycles. The predicted molar refractivity (Wildman–Crippen MR) is 498 cm³/mol. The molecule has 2 atom stereocenters. The van der Waals surface area contributed by atoms with Gasteiger partial charge in [-0.3, -0.25) is 28.8 Å². The average molecular weight is 1640 g/mol. The summed E-state index contributed by atoms with van der Waals surface area (Å²) >= 11 is 0. The molecule has 0 saturated carbocycles. The summed E-state index contributed by atoms with van der Waals surface area (Å²) in [4.78, 5) is 74.1. The monoisotopic (exact) mass is 1640 g/mol. The van der Waals surface area contributed by atoms with Crippen molar-refractivity contribution in [3.05, 3.63) is 252 Å². The first kappa shape index (κ1) is 103. The van der Waals surface area contributed by atoms with Gasteiger partial charge < -0.3 is 28.4 Å². The van der Waals surface area contributed by atoms with Gasteiger partial charge in [-0.25, -0.2) is 0 Å². The maximum absolute atomic E-state index is 12.6. The van der Waals surface area contributed by atoms with Crippen molar-refractivity contribution >= 4 is 68.1 Å². The van der Waals surface area contributed by atoms with E-state index in [0.717, 1.165) is 116 Å². The smallest absolute Gasteiger partial charge is 0.312 e. The Bertz CT molecular complexity index is 4710. The Morgan fingerprint density at radius 2 is 0.408 bits per heavy atom. The van der Waals surface area contributed by atoms with Crippen LogP contribution in [0.25, 0.3) is 32.3 Å². The lowest BCUT2D eigenvalue weighted by Crippen LogP contribution is -2.37. The van der Waals surface area contributed by atoms with E-state index in [1.165, 1.54) is 26.9 Å². The van der Waals surface area contributed by atoms with E-state index in [0.29, 0.717) is 0 Å². The molecule has 0 aliphatic carbocycles. The molecule has 0 N–H and O–H groups in total. The van der Waals surface area contributed by atoms with Crippen molar-refractivity contribution in [3.63, 3.8) is 0 Å². The molecular formula is C108H150O12. The molecular weight excluding hydrogens is 1490 g/mol. The van der Waals surface area contributed by atoms with Gasteiger partial charge in [0.05, 0.1) is 32.5 Å². The van der Waals surface area contributed by atoms with Crippen LogP contribution in [0.15, 0.2) is 218 Å². The van der Waals surface area contributed by atoms with E-state index in [1.54, 1.807) is 0 Å². The average Bonchev–Trinajstić information content (AvgIpc) is 0.778. The standard InChI is InChI=1S/C21H28O2.C20H26O2.C19H24O2.C17H26O2.C16H24O2.C15H22O2/c1-6-20(4,5)19(22)23-21(7-2,8-3)18-14-13-16-11-9-10-12-17(16)15-18;1-6-19(3,4)18(21)22-20(5,7-2)17-13-12-15-10-8-9-11-16(15)14-17;1-6-18(2,3)17(20)21-19(4,5)16-12-11-14-9-7-8-10-15(14)13-16;1-6-16(4,5)15(18)19-17(7-2,8-3)14-12-10-9-11-13-14;1-6-15(3,4)14(17)18-16(5,7-2)13-11-9-8-10-12-13;1-6-14(2,3)13(16)17-15(4,5)12-10-8-7-9-11-12/h9-15H,6-8H2,1-5H3;8-14H,6-7H2,1-5H3;7-13H,6H2,1-5H3;9-13H,6-8H2,1-5H3;8-12H,6-7H2,1-5H3;7-11H,6H2,1-5H3. The number of rotatable bonds is 30. The first-order chi connectivity index (χ1) is 56.0. The number of fused-ring (bicyclic) bond motifs is 3. The molecule has 0 fully saturated rings. The van der Waals surface area contributed by atoms with Gasteiger partial charge in [0.25, 0.3) is 0 Å². The first-order valence-corrected chi connectivity index (χ1v) is 44.1. The first-order valence-electron chi connectivity index (χ1n) is 44.1. The SMILES string of the molecule is CCC(C)(C)C(=O)OC(C)(C)c1ccc2ccccc2c1.CCC(C)(C)C(=O)OC(C)(C)c1ccccc1.CCC(C)(C)C(=O)OC(C)(CC)c1ccc2ccccc2c1.CCC(C)(C)C(=O)OC(C)(CC)c1ccccc1.CCC(C)(C)C(=O)OC(CC)(CC)c1ccc2ccccc2c1.CCC(C)(C)C(=O)OC(CC)(CC)c1ccccc1. The molecule has 9 rings (SSSR count). The third kappa shape index (κ3) is 27.8. The number of carbonyl (C=O) groups excluding carboxylic acids is 6. The minimum absolute atomic E-state index is 0.109. The third-order valence-corrected chi connectivity index (χ3v) is 25.4. The minimum Gasteiger partial charge on any atom is -0.454 e. The molecule has 0 radical (unpaired) electrons. The summed E-state index contributed by atoms with van der Waals surface area (Å²) in [6.07, 6.45) is 9.27. The van der Waals surface area contributed by atoms with E-state index in [1.807, 2.05) is 307 Å². The largest absolute Gasteiger partial charge is 0.454 e. The maximum atomic E-state index is 12.6. The fourth-order valence-electron chi connectivity index (χ4n) is 12.4. The van der Waals surface area contributed by atoms with Crippen LogP contribution < -0.4 is 0 Å². The number of benzene rings is 9. The summed E-state index contributed by atoms with van der Waals surface area (Å²) in [6, 6.07) is 73.4. The highest BCUT2D eigenvalue weighted by Gasteiger charge is 2.42. The fraction of sp³-hybridized carbons (Fsp3) is 0.500. The second kappa shape index (κ2) is 44.4. The molecule has 0 amide bonds. The van der Waals surface area contributed by atoms with E-state index in [4.69, 9.17) is 28.4 Å². The molecule has 0 aliphatic heterocycles. The van der Waals surface area contributed by atoms with Gasteiger partial charge >= 0.3 is 35.8 Å². The lowest BCUT2D eigenvalue weighted by molar-refractivity contribution is -0.174. The van der Waals surface area contributed by atoms with Crippen LogP contribution in [0.3, 0.4) is 0 Å². The van der Waals surface area contributed by atoms with Gasteiger partial charge in [0.1, 0.15) is 33.6 Å². The molecule has 9 aromatic rings. The molecule has 2 unspecified atom stereocenters. The van der Waals surface area contributed by atoms with Crippen LogP contribution in [0.4, 0.5) is 0 Å². The maximum Gasteiger partial charge on any atom is 0.312 e. The molecule has 0 saturated heterocycles. The van der Waals surface area contributed by atoms with Crippen molar-refractivity contribution in [2.75, 3.05) is 0 Å². The minimum atomic E-state index is -0.631. The van der Waals surface area contributed by atoms with Crippen molar-refractivity contribution in [1.82, 2.24) is 0 Å². The third-order valence-electron chi connectivity index (χ3n) is 25.4. The normalized spacial score (nSPS) is 13.2. The summed E-state index contributed by atoms with van der Waals surface area (Å²) in [5.74, 6) is -0.776. The predicted octanol–water partition coefficient (Wildman–Crippen LogP) is 29.2. The zero-order valence-corrected chi connectivity index (χ0v) is 79.2. The van der Waals surface area contributed by atoms with Gasteiger partial charge in [-0.15, -0.1) is 0 Å². The van der Waals surface area contributed by atoms with Gasteiger partial charge in [-0.1, -0.05) is 283 Å². The number of hydrogen-bond donors (Lipinski definition) is 0. The van der Waals surface area contributed by atoms with Crippen LogP contribution in [0, 0.1) is 32.5 Å². The number of carbonyl (C=O) groups is 6. The van der Waals surface area contributed by atoms with Crippen LogP contribution in [0.2, 0.25) is 0 Å². The van der Waals surface area contributed by atoms with Crippen LogP contribution in [-0.4, -0.2) is 35.8 Å². The van der Waals surface area contributed by atoms with Crippen molar-refractivity contribution in [1.29, 1.82) is 0 Å². The summed E-state index contributed by atoms with van der Waals surface area (Å²) < 4.78 is 35.2. The van der Waals surface area contributed by atoms with E-state index in [2.05, 4.69) is 120 Å². The highest BCUT2D eigenvalue weighted by atomic mass is 16.6. The van der Waals surface area contributed by atoms with Gasteiger partial charge in [-0.2, -0.15) is 0 Å². The lowest BCUT2D eigenvalue weighted by atomic mass is 9.85. The Hall–Kier alpha value is -9.42. The Kier molecular flexibility index (Phi) is 38.1. The molecule has 12 nitrogen and oxygen atoms in total. The topological polar surface area (TPSA) is 158 Å². The molecule has 0 aromatic heterocycles. The van der Waals surface area contributed by atoms with Gasteiger partial charge in [0, 0.05) is 0 Å². The van der Waals surface area contributed by atoms with Gasteiger partial charge in [0.15, 0.2) is 0 Å². The van der Waals surface area contributed by atoms with E-state index in [9.17, 15) is 28.8 Å². The second-order valence-corrected chi connectivity index (χ2v) is 37.1. The molecule has 0 aliphatic rings. The summed E-state index contributed by atoms with van der Waals surface area (Å²) in [5, 5.41) is 7.11. The molecule has 654 valence electrons. The Balaban J connectivity index is 0.000000304. The fourth-order valence-corrected chi connectivity index (χ4v) is 12.4. The molecule has 9 aromatic carbocycles.